The van der Waals surface area contributed by atoms with E-state index >= 15 is 0 Å². The first-order chi connectivity index (χ1) is 13.2. The second-order valence-electron chi connectivity index (χ2n) is 7.99. The van der Waals surface area contributed by atoms with Crippen LogP contribution in [-0.2, 0) is 4.79 Å². The van der Waals surface area contributed by atoms with Crippen LogP contribution in [0.5, 0.6) is 0 Å². The Morgan fingerprint density at radius 2 is 2.18 bits per heavy atom. The molecular weight excluding hydrogens is 361 g/mol. The number of hydrogen-bond acceptors (Lipinski definition) is 4. The molecular formula is C20H24FN5O2. The molecule has 0 saturated heterocycles. The van der Waals surface area contributed by atoms with Gasteiger partial charge in [0.2, 0.25) is 0 Å². The Balaban J connectivity index is 1.78. The molecule has 7 nitrogen and oxygen atoms in total. The monoisotopic (exact) mass is 385 g/mol. The summed E-state index contributed by atoms with van der Waals surface area (Å²) < 4.78 is 16.4. The van der Waals surface area contributed by atoms with Crippen molar-refractivity contribution in [2.75, 3.05) is 16.8 Å². The van der Waals surface area contributed by atoms with Crippen LogP contribution in [0.1, 0.15) is 50.4 Å². The van der Waals surface area contributed by atoms with Crippen molar-refractivity contribution in [2.24, 2.45) is 5.73 Å². The number of anilines is 2. The zero-order valence-corrected chi connectivity index (χ0v) is 16.3. The van der Waals surface area contributed by atoms with E-state index in [-0.39, 0.29) is 11.5 Å². The topological polar surface area (TPSA) is 92.7 Å². The van der Waals surface area contributed by atoms with E-state index in [0.29, 0.717) is 36.3 Å². The zero-order chi connectivity index (χ0) is 20.2. The standard InChI is InChI=1S/C20H24FN5O2/c1-11-9-25(19(28)12(11)2)13-7-15-17(24-16-5-4-6-20(16,3)21)14(18(22)27)8-23-26(15)10-13/h7-8,10,16,24H,4-6,9H2,1-3H3,(H2,22,27)/t16-,20+/m1/s1. The van der Waals surface area contributed by atoms with Crippen LogP contribution in [0.3, 0.4) is 0 Å². The zero-order valence-electron chi connectivity index (χ0n) is 16.3. The predicted octanol–water partition coefficient (Wildman–Crippen LogP) is 2.81. The molecule has 0 unspecified atom stereocenters. The van der Waals surface area contributed by atoms with Crippen LogP contribution in [0.25, 0.3) is 5.52 Å². The van der Waals surface area contributed by atoms with Crippen molar-refractivity contribution in [3.8, 4) is 0 Å². The van der Waals surface area contributed by atoms with E-state index in [1.54, 1.807) is 28.6 Å². The number of fused-ring (bicyclic) bond motifs is 1. The van der Waals surface area contributed by atoms with Crippen LogP contribution in [0, 0.1) is 0 Å². The Bertz CT molecular complexity index is 1020. The number of rotatable bonds is 4. The number of nitrogens with two attached hydrogens (primary N) is 1. The lowest BCUT2D eigenvalue weighted by atomic mass is 10.0. The summed E-state index contributed by atoms with van der Waals surface area (Å²) in [4.78, 5) is 26.2. The van der Waals surface area contributed by atoms with Crippen molar-refractivity contribution < 1.29 is 14.0 Å². The van der Waals surface area contributed by atoms with Gasteiger partial charge in [-0.25, -0.2) is 8.91 Å². The summed E-state index contributed by atoms with van der Waals surface area (Å²) in [5.74, 6) is -0.686. The van der Waals surface area contributed by atoms with Gasteiger partial charge in [0.05, 0.1) is 40.9 Å². The van der Waals surface area contributed by atoms with Gasteiger partial charge in [0, 0.05) is 12.1 Å². The fourth-order valence-corrected chi connectivity index (χ4v) is 4.07. The van der Waals surface area contributed by atoms with Gasteiger partial charge in [0.1, 0.15) is 5.67 Å². The highest BCUT2D eigenvalue weighted by molar-refractivity contribution is 6.09. The highest BCUT2D eigenvalue weighted by Gasteiger charge is 2.39. The van der Waals surface area contributed by atoms with E-state index in [1.165, 1.54) is 6.20 Å². The predicted molar refractivity (Wildman–Crippen MR) is 105 cm³/mol. The molecule has 3 heterocycles. The van der Waals surface area contributed by atoms with Gasteiger partial charge >= 0.3 is 0 Å². The van der Waals surface area contributed by atoms with Gasteiger partial charge < -0.3 is 16.0 Å². The fraction of sp³-hybridized carbons (Fsp3) is 0.450. The van der Waals surface area contributed by atoms with Crippen molar-refractivity contribution in [1.29, 1.82) is 0 Å². The van der Waals surface area contributed by atoms with Crippen LogP contribution >= 0.6 is 0 Å². The maximum absolute atomic E-state index is 14.8. The van der Waals surface area contributed by atoms with E-state index in [0.717, 1.165) is 17.6 Å². The van der Waals surface area contributed by atoms with E-state index < -0.39 is 17.6 Å². The number of alkyl halides is 1. The summed E-state index contributed by atoms with van der Waals surface area (Å²) in [6, 6.07) is 1.37. The lowest BCUT2D eigenvalue weighted by Crippen LogP contribution is -2.36. The maximum atomic E-state index is 14.8. The average molecular weight is 385 g/mol. The van der Waals surface area contributed by atoms with Gasteiger partial charge in [0.15, 0.2) is 0 Å². The van der Waals surface area contributed by atoms with E-state index in [9.17, 15) is 14.0 Å². The third-order valence-electron chi connectivity index (χ3n) is 6.00. The first-order valence-corrected chi connectivity index (χ1v) is 9.44. The number of nitrogens with zero attached hydrogens (tertiary/aromatic N) is 3. The summed E-state index contributed by atoms with van der Waals surface area (Å²) in [5, 5.41) is 7.47. The van der Waals surface area contributed by atoms with Crippen molar-refractivity contribution in [3.63, 3.8) is 0 Å². The first-order valence-electron chi connectivity index (χ1n) is 9.44. The van der Waals surface area contributed by atoms with Gasteiger partial charge in [-0.05, 0) is 51.7 Å². The number of carbonyl (C=O) groups excluding carboxylic acids is 2. The van der Waals surface area contributed by atoms with Gasteiger partial charge in [-0.15, -0.1) is 0 Å². The third kappa shape index (κ3) is 2.83. The van der Waals surface area contributed by atoms with E-state index in [1.807, 2.05) is 13.8 Å². The highest BCUT2D eigenvalue weighted by Crippen LogP contribution is 2.38. The summed E-state index contributed by atoms with van der Waals surface area (Å²) in [6.07, 6.45) is 5.03. The van der Waals surface area contributed by atoms with Gasteiger partial charge in [-0.1, -0.05) is 0 Å². The van der Waals surface area contributed by atoms with Crippen LogP contribution in [0.15, 0.2) is 29.6 Å². The molecule has 3 N–H and O–H groups in total. The number of nitrogens with one attached hydrogen (secondary N) is 1. The summed E-state index contributed by atoms with van der Waals surface area (Å²) in [7, 11) is 0. The Hall–Kier alpha value is -2.90. The van der Waals surface area contributed by atoms with E-state index in [2.05, 4.69) is 10.4 Å². The second-order valence-corrected chi connectivity index (χ2v) is 7.99. The summed E-state index contributed by atoms with van der Waals surface area (Å²) in [5.41, 5.74) is 7.85. The highest BCUT2D eigenvalue weighted by atomic mass is 19.1. The van der Waals surface area contributed by atoms with Gasteiger partial charge in [0.25, 0.3) is 11.8 Å². The van der Waals surface area contributed by atoms with Crippen LogP contribution in [-0.4, -0.2) is 39.7 Å². The molecule has 2 aromatic heterocycles. The minimum absolute atomic E-state index is 0.0508. The lowest BCUT2D eigenvalue weighted by Gasteiger charge is -2.26. The molecule has 1 aliphatic carbocycles. The Kier molecular flexibility index (Phi) is 4.17. The molecule has 0 radical (unpaired) electrons. The number of aromatic nitrogens is 2. The number of hydrogen-bond donors (Lipinski definition) is 2. The maximum Gasteiger partial charge on any atom is 0.254 e. The minimum atomic E-state index is -1.37. The van der Waals surface area contributed by atoms with Crippen molar-refractivity contribution in [3.05, 3.63) is 35.2 Å². The molecule has 1 saturated carbocycles. The molecule has 0 spiro atoms. The quantitative estimate of drug-likeness (QED) is 0.846. The molecule has 2 atom stereocenters. The van der Waals surface area contributed by atoms with E-state index in [4.69, 9.17) is 5.73 Å². The molecule has 1 aliphatic heterocycles. The lowest BCUT2D eigenvalue weighted by molar-refractivity contribution is -0.114. The number of amides is 2. The van der Waals surface area contributed by atoms with Crippen molar-refractivity contribution in [2.45, 2.75) is 51.7 Å². The van der Waals surface area contributed by atoms with Crippen LogP contribution in [0.4, 0.5) is 15.8 Å². The Morgan fingerprint density at radius 3 is 2.75 bits per heavy atom. The molecule has 2 amide bonds. The molecule has 0 aromatic carbocycles. The van der Waals surface area contributed by atoms with Crippen molar-refractivity contribution in [1.82, 2.24) is 9.61 Å². The third-order valence-corrected chi connectivity index (χ3v) is 6.00. The number of carbonyl (C=O) groups is 2. The van der Waals surface area contributed by atoms with Crippen molar-refractivity contribution >= 4 is 28.7 Å². The molecule has 28 heavy (non-hydrogen) atoms. The molecule has 2 aliphatic rings. The van der Waals surface area contributed by atoms with Gasteiger partial charge in [-0.3, -0.25) is 9.59 Å². The average Bonchev–Trinajstić information content (AvgIpc) is 3.27. The largest absolute Gasteiger partial charge is 0.377 e. The number of primary amides is 1. The second kappa shape index (κ2) is 6.32. The Morgan fingerprint density at radius 1 is 1.43 bits per heavy atom. The molecule has 0 bridgehead atoms. The molecule has 8 heteroatoms. The summed E-state index contributed by atoms with van der Waals surface area (Å²) >= 11 is 0. The molecule has 4 rings (SSSR count). The summed E-state index contributed by atoms with van der Waals surface area (Å²) in [6.45, 7) is 5.83. The molecule has 2 aromatic rings. The SMILES string of the molecule is CC1=C(C)C(=O)N(c2cc3c(N[C@@H]4CCC[C@]4(C)F)c(C(N)=O)cnn3c2)C1. The first kappa shape index (κ1) is 18.5. The Labute approximate surface area is 162 Å². The molecule has 148 valence electrons. The minimum Gasteiger partial charge on any atom is -0.377 e. The fourth-order valence-electron chi connectivity index (χ4n) is 4.07. The number of halogens is 1. The molecule has 1 fully saturated rings. The normalized spacial score (nSPS) is 25.2. The van der Waals surface area contributed by atoms with Gasteiger partial charge in [-0.2, -0.15) is 5.10 Å². The van der Waals surface area contributed by atoms with Crippen LogP contribution in [0.2, 0.25) is 0 Å². The smallest absolute Gasteiger partial charge is 0.254 e. The van der Waals surface area contributed by atoms with Crippen LogP contribution < -0.4 is 16.0 Å².